The quantitative estimate of drug-likeness (QED) is 0.487. The first kappa shape index (κ1) is 18.5. The number of carbonyl (C=O) groups excluding carboxylic acids is 1. The molecule has 140 valence electrons. The van der Waals surface area contributed by atoms with Crippen LogP contribution in [0.1, 0.15) is 29.0 Å². The van der Waals surface area contributed by atoms with Crippen LogP contribution in [-0.4, -0.2) is 30.2 Å². The SMILES string of the molecule is O=C(c1ccc(OC2CCOCC2)cc1)c1cc2c(Br)c(O)c(Br)cc2o1. The number of hydrogen-bond acceptors (Lipinski definition) is 5. The molecule has 1 saturated heterocycles. The number of aromatic hydroxyl groups is 1. The maximum Gasteiger partial charge on any atom is 0.228 e. The number of benzene rings is 2. The molecule has 1 fully saturated rings. The second-order valence-corrected chi connectivity index (χ2v) is 7.97. The molecule has 1 N–H and O–H groups in total. The van der Waals surface area contributed by atoms with Crippen LogP contribution in [0.3, 0.4) is 0 Å². The van der Waals surface area contributed by atoms with Crippen LogP contribution in [0, 0.1) is 0 Å². The molecule has 27 heavy (non-hydrogen) atoms. The van der Waals surface area contributed by atoms with E-state index in [2.05, 4.69) is 31.9 Å². The molecule has 1 aliphatic heterocycles. The van der Waals surface area contributed by atoms with Crippen molar-refractivity contribution in [3.05, 3.63) is 56.7 Å². The van der Waals surface area contributed by atoms with E-state index >= 15 is 0 Å². The van der Waals surface area contributed by atoms with Crippen LogP contribution in [0.5, 0.6) is 11.5 Å². The van der Waals surface area contributed by atoms with E-state index in [1.165, 1.54) is 0 Å². The highest BCUT2D eigenvalue weighted by atomic mass is 79.9. The first-order chi connectivity index (χ1) is 13.0. The summed E-state index contributed by atoms with van der Waals surface area (Å²) in [5.74, 6) is 0.782. The van der Waals surface area contributed by atoms with Crippen LogP contribution in [0.4, 0.5) is 0 Å². The Labute approximate surface area is 172 Å². The number of phenols is 1. The number of phenolic OH excluding ortho intramolecular Hbond substituents is 1. The number of halogens is 2. The summed E-state index contributed by atoms with van der Waals surface area (Å²) in [7, 11) is 0. The molecule has 0 spiro atoms. The largest absolute Gasteiger partial charge is 0.506 e. The Kier molecular flexibility index (Phi) is 5.25. The van der Waals surface area contributed by atoms with Gasteiger partial charge in [-0.25, -0.2) is 0 Å². The predicted molar refractivity (Wildman–Crippen MR) is 108 cm³/mol. The lowest BCUT2D eigenvalue weighted by Gasteiger charge is -2.23. The Morgan fingerprint density at radius 3 is 2.52 bits per heavy atom. The maximum absolute atomic E-state index is 12.8. The number of fused-ring (bicyclic) bond motifs is 1. The van der Waals surface area contributed by atoms with E-state index < -0.39 is 0 Å². The number of hydrogen-bond donors (Lipinski definition) is 1. The third-order valence-electron chi connectivity index (χ3n) is 4.50. The van der Waals surface area contributed by atoms with Gasteiger partial charge in [-0.2, -0.15) is 0 Å². The lowest BCUT2D eigenvalue weighted by Crippen LogP contribution is -2.25. The van der Waals surface area contributed by atoms with E-state index in [-0.39, 0.29) is 23.4 Å². The molecule has 1 aromatic heterocycles. The third-order valence-corrected chi connectivity index (χ3v) is 5.91. The molecule has 2 heterocycles. The van der Waals surface area contributed by atoms with Gasteiger partial charge in [0.05, 0.1) is 22.2 Å². The molecule has 0 unspecified atom stereocenters. The van der Waals surface area contributed by atoms with Crippen LogP contribution in [0.15, 0.2) is 49.8 Å². The molecule has 0 atom stereocenters. The number of ether oxygens (including phenoxy) is 2. The fourth-order valence-electron chi connectivity index (χ4n) is 3.03. The molecular formula is C20H16Br2O5. The highest BCUT2D eigenvalue weighted by Crippen LogP contribution is 2.40. The Morgan fingerprint density at radius 2 is 1.81 bits per heavy atom. The van der Waals surface area contributed by atoms with Gasteiger partial charge in [-0.1, -0.05) is 0 Å². The molecule has 2 aromatic carbocycles. The van der Waals surface area contributed by atoms with Gasteiger partial charge >= 0.3 is 0 Å². The van der Waals surface area contributed by atoms with Gasteiger partial charge in [-0.15, -0.1) is 0 Å². The third kappa shape index (κ3) is 3.77. The average Bonchev–Trinajstić information content (AvgIpc) is 3.11. The van der Waals surface area contributed by atoms with Crippen molar-refractivity contribution >= 4 is 48.6 Å². The fraction of sp³-hybridized carbons (Fsp3) is 0.250. The minimum atomic E-state index is -0.230. The summed E-state index contributed by atoms with van der Waals surface area (Å²) >= 11 is 6.59. The lowest BCUT2D eigenvalue weighted by molar-refractivity contribution is 0.0256. The summed E-state index contributed by atoms with van der Waals surface area (Å²) in [6.07, 6.45) is 1.90. The van der Waals surface area contributed by atoms with Gasteiger partial charge < -0.3 is 19.0 Å². The minimum absolute atomic E-state index is 0.0666. The second kappa shape index (κ2) is 7.66. The van der Waals surface area contributed by atoms with Gasteiger partial charge in [0.2, 0.25) is 5.78 Å². The molecule has 0 amide bonds. The van der Waals surface area contributed by atoms with E-state index in [9.17, 15) is 9.90 Å². The molecule has 7 heteroatoms. The summed E-state index contributed by atoms with van der Waals surface area (Å²) < 4.78 is 17.9. The molecule has 0 bridgehead atoms. The Hall–Kier alpha value is -1.83. The smallest absolute Gasteiger partial charge is 0.228 e. The van der Waals surface area contributed by atoms with E-state index in [4.69, 9.17) is 13.9 Å². The summed E-state index contributed by atoms with van der Waals surface area (Å²) in [5, 5.41) is 10.6. The van der Waals surface area contributed by atoms with E-state index in [1.807, 2.05) is 0 Å². The number of carbonyl (C=O) groups is 1. The second-order valence-electron chi connectivity index (χ2n) is 6.33. The Balaban J connectivity index is 1.55. The lowest BCUT2D eigenvalue weighted by atomic mass is 10.1. The first-order valence-electron chi connectivity index (χ1n) is 8.52. The Morgan fingerprint density at radius 1 is 1.11 bits per heavy atom. The average molecular weight is 496 g/mol. The summed E-state index contributed by atoms with van der Waals surface area (Å²) in [6.45, 7) is 1.43. The standard InChI is InChI=1S/C20H16Br2O5/c21-15-10-16-14(18(22)20(15)24)9-17(27-16)19(23)11-1-3-12(4-2-11)26-13-5-7-25-8-6-13/h1-4,9-10,13,24H,5-8H2. The van der Waals surface area contributed by atoms with Crippen molar-refractivity contribution in [3.63, 3.8) is 0 Å². The topological polar surface area (TPSA) is 68.9 Å². The van der Waals surface area contributed by atoms with Crippen LogP contribution in [0.25, 0.3) is 11.0 Å². The zero-order valence-corrected chi connectivity index (χ0v) is 17.4. The molecule has 1 aliphatic rings. The number of rotatable bonds is 4. The summed E-state index contributed by atoms with van der Waals surface area (Å²) in [4.78, 5) is 12.8. The molecular weight excluding hydrogens is 480 g/mol. The normalized spacial score (nSPS) is 15.2. The molecule has 4 rings (SSSR count). The first-order valence-corrected chi connectivity index (χ1v) is 10.1. The maximum atomic E-state index is 12.8. The molecule has 0 saturated carbocycles. The monoisotopic (exact) mass is 494 g/mol. The van der Waals surface area contributed by atoms with Crippen molar-refractivity contribution in [1.82, 2.24) is 0 Å². The zero-order chi connectivity index (χ0) is 19.0. The van der Waals surface area contributed by atoms with Crippen molar-refractivity contribution in [2.75, 3.05) is 13.2 Å². The van der Waals surface area contributed by atoms with Crippen molar-refractivity contribution in [3.8, 4) is 11.5 Å². The molecule has 0 radical (unpaired) electrons. The van der Waals surface area contributed by atoms with Crippen molar-refractivity contribution < 1.29 is 23.8 Å². The molecule has 0 aliphatic carbocycles. The predicted octanol–water partition coefficient (Wildman–Crippen LogP) is 5.45. The minimum Gasteiger partial charge on any atom is -0.506 e. The molecule has 3 aromatic rings. The Bertz CT molecular complexity index is 988. The number of furan rings is 1. The van der Waals surface area contributed by atoms with Gasteiger partial charge in [0.25, 0.3) is 0 Å². The van der Waals surface area contributed by atoms with Crippen LogP contribution < -0.4 is 4.74 Å². The summed E-state index contributed by atoms with van der Waals surface area (Å²) in [6, 6.07) is 10.3. The van der Waals surface area contributed by atoms with Crippen LogP contribution >= 0.6 is 31.9 Å². The van der Waals surface area contributed by atoms with Gasteiger partial charge in [-0.05, 0) is 68.3 Å². The van der Waals surface area contributed by atoms with Crippen molar-refractivity contribution in [2.45, 2.75) is 18.9 Å². The van der Waals surface area contributed by atoms with Crippen molar-refractivity contribution in [2.24, 2.45) is 0 Å². The highest BCUT2D eigenvalue weighted by molar-refractivity contribution is 9.11. The van der Waals surface area contributed by atoms with Gasteiger partial charge in [0.1, 0.15) is 23.2 Å². The number of ketones is 1. The van der Waals surface area contributed by atoms with E-state index in [0.29, 0.717) is 38.7 Å². The summed E-state index contributed by atoms with van der Waals surface area (Å²) in [5.41, 5.74) is 1.02. The molecule has 5 nitrogen and oxygen atoms in total. The van der Waals surface area contributed by atoms with Crippen molar-refractivity contribution in [1.29, 1.82) is 0 Å². The van der Waals surface area contributed by atoms with E-state index in [1.54, 1.807) is 36.4 Å². The van der Waals surface area contributed by atoms with Gasteiger partial charge in [0, 0.05) is 23.8 Å². The fourth-order valence-corrected chi connectivity index (χ4v) is 4.22. The van der Waals surface area contributed by atoms with Gasteiger partial charge in [0.15, 0.2) is 5.76 Å². The zero-order valence-electron chi connectivity index (χ0n) is 14.2. The highest BCUT2D eigenvalue weighted by Gasteiger charge is 2.19. The van der Waals surface area contributed by atoms with Crippen LogP contribution in [0.2, 0.25) is 0 Å². The van der Waals surface area contributed by atoms with Crippen LogP contribution in [-0.2, 0) is 4.74 Å². The van der Waals surface area contributed by atoms with E-state index in [0.717, 1.165) is 18.6 Å². The van der Waals surface area contributed by atoms with Gasteiger partial charge in [-0.3, -0.25) is 4.79 Å².